The van der Waals surface area contributed by atoms with Crippen LogP contribution in [-0.2, 0) is 7.05 Å². The van der Waals surface area contributed by atoms with Gasteiger partial charge in [0.2, 0.25) is 0 Å². The van der Waals surface area contributed by atoms with Gasteiger partial charge in [0.25, 0.3) is 5.56 Å². The van der Waals surface area contributed by atoms with Crippen molar-refractivity contribution >= 4 is 17.3 Å². The minimum Gasteiger partial charge on any atom is -0.368 e. The van der Waals surface area contributed by atoms with E-state index in [-0.39, 0.29) is 10.6 Å². The number of rotatable bonds is 1. The number of nitrogens with one attached hydrogen (secondary N) is 1. The fourth-order valence-electron chi connectivity index (χ4n) is 2.77. The first-order chi connectivity index (χ1) is 8.16. The molecule has 0 amide bonds. The van der Waals surface area contributed by atoms with Crippen molar-refractivity contribution in [1.29, 1.82) is 0 Å². The van der Waals surface area contributed by atoms with Crippen molar-refractivity contribution in [2.75, 3.05) is 31.1 Å². The van der Waals surface area contributed by atoms with Gasteiger partial charge in [-0.15, -0.1) is 0 Å². The zero-order valence-electron chi connectivity index (χ0n) is 9.69. The number of hydrogen-bond donors (Lipinski definition) is 1. The molecule has 17 heavy (non-hydrogen) atoms. The van der Waals surface area contributed by atoms with E-state index in [1.54, 1.807) is 13.2 Å². The van der Waals surface area contributed by atoms with E-state index in [1.165, 1.54) is 4.68 Å². The van der Waals surface area contributed by atoms with Gasteiger partial charge in [-0.05, 0) is 11.8 Å². The van der Waals surface area contributed by atoms with E-state index in [1.807, 2.05) is 0 Å². The quantitative estimate of drug-likeness (QED) is 0.772. The second-order valence-electron chi connectivity index (χ2n) is 4.86. The van der Waals surface area contributed by atoms with E-state index < -0.39 is 0 Å². The third kappa shape index (κ3) is 1.73. The number of nitrogens with zero attached hydrogens (tertiary/aromatic N) is 3. The predicted molar refractivity (Wildman–Crippen MR) is 66.6 cm³/mol. The highest BCUT2D eigenvalue weighted by Crippen LogP contribution is 2.32. The molecular formula is C11H15ClN4O. The van der Waals surface area contributed by atoms with Crippen LogP contribution in [-0.4, -0.2) is 36.0 Å². The van der Waals surface area contributed by atoms with E-state index in [2.05, 4.69) is 15.3 Å². The van der Waals surface area contributed by atoms with Gasteiger partial charge in [0, 0.05) is 33.2 Å². The predicted octanol–water partition coefficient (Wildman–Crippen LogP) is 0.0893. The molecule has 5 nitrogen and oxygen atoms in total. The summed E-state index contributed by atoms with van der Waals surface area (Å²) in [5, 5.41) is 7.72. The average Bonchev–Trinajstić information content (AvgIpc) is 2.86. The van der Waals surface area contributed by atoms with Crippen molar-refractivity contribution in [2.24, 2.45) is 18.9 Å². The summed E-state index contributed by atoms with van der Waals surface area (Å²) < 4.78 is 1.27. The molecule has 92 valence electrons. The molecule has 0 spiro atoms. The summed E-state index contributed by atoms with van der Waals surface area (Å²) in [6.07, 6.45) is 1.69. The lowest BCUT2D eigenvalue weighted by Gasteiger charge is -2.20. The van der Waals surface area contributed by atoms with Crippen LogP contribution in [0.1, 0.15) is 0 Å². The SMILES string of the molecule is Cn1ncc(N2CC3CNCC3C2)c(Cl)c1=O. The molecule has 2 unspecified atom stereocenters. The summed E-state index contributed by atoms with van der Waals surface area (Å²) >= 11 is 6.10. The largest absolute Gasteiger partial charge is 0.368 e. The van der Waals surface area contributed by atoms with Crippen molar-refractivity contribution < 1.29 is 0 Å². The van der Waals surface area contributed by atoms with Crippen LogP contribution in [0, 0.1) is 11.8 Å². The van der Waals surface area contributed by atoms with Crippen LogP contribution >= 0.6 is 11.6 Å². The first-order valence-electron chi connectivity index (χ1n) is 5.84. The second-order valence-corrected chi connectivity index (χ2v) is 5.23. The maximum atomic E-state index is 11.7. The van der Waals surface area contributed by atoms with Crippen LogP contribution in [0.3, 0.4) is 0 Å². The third-order valence-electron chi connectivity index (χ3n) is 3.79. The Morgan fingerprint density at radius 1 is 1.41 bits per heavy atom. The summed E-state index contributed by atoms with van der Waals surface area (Å²) in [6.45, 7) is 4.06. The van der Waals surface area contributed by atoms with Crippen LogP contribution in [0.5, 0.6) is 0 Å². The Balaban J connectivity index is 1.91. The molecule has 1 aromatic rings. The maximum Gasteiger partial charge on any atom is 0.287 e. The molecular weight excluding hydrogens is 240 g/mol. The lowest BCUT2D eigenvalue weighted by atomic mass is 10.0. The van der Waals surface area contributed by atoms with E-state index >= 15 is 0 Å². The molecule has 1 N–H and O–H groups in total. The summed E-state index contributed by atoms with van der Waals surface area (Å²) in [5.74, 6) is 1.35. The molecule has 0 bridgehead atoms. The van der Waals surface area contributed by atoms with Crippen LogP contribution < -0.4 is 15.8 Å². The normalized spacial score (nSPS) is 27.5. The van der Waals surface area contributed by atoms with Gasteiger partial charge in [-0.3, -0.25) is 4.79 Å². The number of hydrogen-bond acceptors (Lipinski definition) is 4. The molecule has 6 heteroatoms. The standard InChI is InChI=1S/C11H15ClN4O/c1-15-11(17)10(12)9(4-14-15)16-5-7-2-13-3-8(7)6-16/h4,7-8,13H,2-3,5-6H2,1H3. The Hall–Kier alpha value is -1.07. The molecule has 2 aliphatic rings. The average molecular weight is 255 g/mol. The molecule has 0 radical (unpaired) electrons. The maximum absolute atomic E-state index is 11.7. The molecule has 0 aromatic carbocycles. The van der Waals surface area contributed by atoms with Crippen LogP contribution in [0.4, 0.5) is 5.69 Å². The van der Waals surface area contributed by atoms with Gasteiger partial charge in [-0.1, -0.05) is 11.6 Å². The molecule has 3 heterocycles. The monoisotopic (exact) mass is 254 g/mol. The number of aryl methyl sites for hydroxylation is 1. The van der Waals surface area contributed by atoms with Crippen molar-refractivity contribution in [1.82, 2.24) is 15.1 Å². The minimum atomic E-state index is -0.223. The van der Waals surface area contributed by atoms with Gasteiger partial charge < -0.3 is 10.2 Å². The van der Waals surface area contributed by atoms with Gasteiger partial charge >= 0.3 is 0 Å². The van der Waals surface area contributed by atoms with Gasteiger partial charge in [0.05, 0.1) is 11.9 Å². The fourth-order valence-corrected chi connectivity index (χ4v) is 3.07. The second kappa shape index (κ2) is 3.99. The third-order valence-corrected chi connectivity index (χ3v) is 4.15. The smallest absolute Gasteiger partial charge is 0.287 e. The Morgan fingerprint density at radius 2 is 2.06 bits per heavy atom. The zero-order chi connectivity index (χ0) is 12.0. The Kier molecular flexibility index (Phi) is 2.60. The number of fused-ring (bicyclic) bond motifs is 1. The Bertz CT molecular complexity index is 489. The van der Waals surface area contributed by atoms with Gasteiger partial charge in [0.1, 0.15) is 5.02 Å². The topological polar surface area (TPSA) is 50.2 Å². The summed E-state index contributed by atoms with van der Waals surface area (Å²) in [7, 11) is 1.61. The van der Waals surface area contributed by atoms with Crippen LogP contribution in [0.2, 0.25) is 5.02 Å². The minimum absolute atomic E-state index is 0.223. The van der Waals surface area contributed by atoms with Crippen molar-refractivity contribution in [3.05, 3.63) is 21.6 Å². The molecule has 2 aliphatic heterocycles. The van der Waals surface area contributed by atoms with Crippen molar-refractivity contribution in [3.8, 4) is 0 Å². The van der Waals surface area contributed by atoms with Crippen molar-refractivity contribution in [2.45, 2.75) is 0 Å². The van der Waals surface area contributed by atoms with E-state index in [4.69, 9.17) is 11.6 Å². The van der Waals surface area contributed by atoms with Crippen molar-refractivity contribution in [3.63, 3.8) is 0 Å². The Morgan fingerprint density at radius 3 is 2.71 bits per heavy atom. The van der Waals surface area contributed by atoms with Crippen LogP contribution in [0.25, 0.3) is 0 Å². The number of halogens is 1. The van der Waals surface area contributed by atoms with E-state index in [9.17, 15) is 4.79 Å². The number of anilines is 1. The van der Waals surface area contributed by atoms with Gasteiger partial charge in [-0.25, -0.2) is 4.68 Å². The highest BCUT2D eigenvalue weighted by molar-refractivity contribution is 6.33. The van der Waals surface area contributed by atoms with Crippen LogP contribution in [0.15, 0.2) is 11.0 Å². The Labute approximate surface area is 104 Å². The summed E-state index contributed by atoms with van der Waals surface area (Å²) in [4.78, 5) is 13.9. The number of aromatic nitrogens is 2. The molecule has 2 saturated heterocycles. The molecule has 0 saturated carbocycles. The zero-order valence-corrected chi connectivity index (χ0v) is 10.4. The first kappa shape index (κ1) is 11.0. The highest BCUT2D eigenvalue weighted by Gasteiger charge is 2.37. The highest BCUT2D eigenvalue weighted by atomic mass is 35.5. The molecule has 3 rings (SSSR count). The van der Waals surface area contributed by atoms with E-state index in [0.29, 0.717) is 11.8 Å². The fraction of sp³-hybridized carbons (Fsp3) is 0.636. The summed E-state index contributed by atoms with van der Waals surface area (Å²) in [5.41, 5.74) is 0.559. The summed E-state index contributed by atoms with van der Waals surface area (Å²) in [6, 6.07) is 0. The van der Waals surface area contributed by atoms with E-state index in [0.717, 1.165) is 31.9 Å². The van der Waals surface area contributed by atoms with Gasteiger partial charge in [0.15, 0.2) is 0 Å². The lowest BCUT2D eigenvalue weighted by molar-refractivity contribution is 0.533. The molecule has 2 fully saturated rings. The lowest BCUT2D eigenvalue weighted by Crippen LogP contribution is -2.29. The first-order valence-corrected chi connectivity index (χ1v) is 6.22. The molecule has 2 atom stereocenters. The van der Waals surface area contributed by atoms with Gasteiger partial charge in [-0.2, -0.15) is 5.10 Å². The molecule has 0 aliphatic carbocycles. The molecule has 1 aromatic heterocycles.